The number of hydrogen-bond donors (Lipinski definition) is 1. The molecule has 0 aliphatic carbocycles. The third-order valence-corrected chi connectivity index (χ3v) is 12.0. The third kappa shape index (κ3) is 8.61. The molecule has 8 rings (SSSR count). The summed E-state index contributed by atoms with van der Waals surface area (Å²) in [6.45, 7) is 11.7. The quantitative estimate of drug-likeness (QED) is 0.181. The molecule has 0 amide bonds. The van der Waals surface area contributed by atoms with Gasteiger partial charge in [-0.15, -0.1) is 0 Å². The average Bonchev–Trinajstić information content (AvgIpc) is 3.69. The number of phenolic OH excluding ortho intramolecular Hbond substituents is 1. The van der Waals surface area contributed by atoms with Crippen molar-refractivity contribution < 1.29 is 17.4 Å². The Morgan fingerprint density at radius 1 is 0.508 bits per heavy atom. The van der Waals surface area contributed by atoms with E-state index in [1.807, 2.05) is 92.1 Å². The van der Waals surface area contributed by atoms with Gasteiger partial charge in [0.25, 0.3) is 0 Å². The number of pyridine rings is 1. The predicted molar refractivity (Wildman–Crippen MR) is 267 cm³/mol. The Morgan fingerprint density at radius 3 is 1.84 bits per heavy atom. The molecule has 320 valence electrons. The molecule has 4 nitrogen and oxygen atoms in total. The Labute approximate surface area is 388 Å². The fourth-order valence-electron chi connectivity index (χ4n) is 8.22. The highest BCUT2D eigenvalue weighted by atomic mass is 16.3. The number of aromatic hydroxyl groups is 1. The zero-order valence-electron chi connectivity index (χ0n) is 47.1. The number of para-hydroxylation sites is 1. The molecule has 1 N–H and O–H groups in total. The van der Waals surface area contributed by atoms with Crippen LogP contribution in [0.5, 0.6) is 5.75 Å². The van der Waals surface area contributed by atoms with E-state index in [9.17, 15) is 5.11 Å². The van der Waals surface area contributed by atoms with Crippen molar-refractivity contribution in [3.05, 3.63) is 167 Å². The maximum Gasteiger partial charge on any atom is 0.149 e. The zero-order valence-corrected chi connectivity index (χ0v) is 38.1. The number of rotatable bonds is 6. The molecular formula is C59H63N3O. The van der Waals surface area contributed by atoms with E-state index >= 15 is 0 Å². The first kappa shape index (κ1) is 33.3. The first-order chi connectivity index (χ1) is 33.3. The van der Waals surface area contributed by atoms with Crippen LogP contribution in [0.25, 0.3) is 72.7 Å². The van der Waals surface area contributed by atoms with E-state index in [4.69, 9.17) is 22.3 Å². The lowest BCUT2D eigenvalue weighted by molar-refractivity contribution is 0.446. The number of fused-ring (bicyclic) bond motifs is 1. The van der Waals surface area contributed by atoms with E-state index in [2.05, 4.69) is 90.1 Å². The normalized spacial score (nSPS) is 15.3. The lowest BCUT2D eigenvalue weighted by atomic mass is 9.79. The Bertz CT molecular complexity index is 3310. The van der Waals surface area contributed by atoms with Gasteiger partial charge in [-0.25, -0.2) is 4.98 Å². The molecule has 0 spiro atoms. The minimum absolute atomic E-state index is 0.190. The van der Waals surface area contributed by atoms with Crippen LogP contribution in [0.3, 0.4) is 0 Å². The molecule has 0 aliphatic heterocycles. The molecule has 0 bridgehead atoms. The summed E-state index contributed by atoms with van der Waals surface area (Å²) in [4.78, 5) is 10.4. The van der Waals surface area contributed by atoms with Crippen molar-refractivity contribution in [2.45, 2.75) is 111 Å². The van der Waals surface area contributed by atoms with Crippen LogP contribution in [-0.2, 0) is 21.7 Å². The Hall–Kier alpha value is -6.26. The molecule has 8 aromatic rings. The molecule has 0 radical (unpaired) electrons. The molecular weight excluding hydrogens is 767 g/mol. The monoisotopic (exact) mass is 839 g/mol. The van der Waals surface area contributed by atoms with Gasteiger partial charge in [0.15, 0.2) is 0 Å². The largest absolute Gasteiger partial charge is 0.507 e. The zero-order chi connectivity index (χ0) is 52.7. The van der Waals surface area contributed by atoms with Crippen molar-refractivity contribution in [1.82, 2.24) is 14.5 Å². The van der Waals surface area contributed by atoms with Crippen LogP contribution in [0.2, 0.25) is 0 Å². The molecule has 0 saturated carbocycles. The number of imidazole rings is 1. The van der Waals surface area contributed by atoms with Gasteiger partial charge in [-0.3, -0.25) is 9.55 Å². The Balaban J connectivity index is 1.47. The van der Waals surface area contributed by atoms with Crippen molar-refractivity contribution >= 4 is 11.0 Å². The van der Waals surface area contributed by atoms with Gasteiger partial charge < -0.3 is 5.11 Å². The summed E-state index contributed by atoms with van der Waals surface area (Å²) in [6, 6.07) is 42.9. The molecule has 2 aromatic heterocycles. The number of hydrogen-bond acceptors (Lipinski definition) is 3. The smallest absolute Gasteiger partial charge is 0.149 e. The first-order valence-electron chi connectivity index (χ1n) is 26.1. The van der Waals surface area contributed by atoms with Gasteiger partial charge >= 0.3 is 0 Å². The number of aryl methyl sites for hydroxylation is 1. The van der Waals surface area contributed by atoms with Gasteiger partial charge in [0.05, 0.1) is 28.0 Å². The molecule has 0 saturated heterocycles. The Morgan fingerprint density at radius 2 is 1.17 bits per heavy atom. The van der Waals surface area contributed by atoms with Crippen molar-refractivity contribution in [2.24, 2.45) is 0 Å². The van der Waals surface area contributed by atoms with E-state index < -0.39 is 37.1 Å². The van der Waals surface area contributed by atoms with Gasteiger partial charge in [-0.2, -0.15) is 0 Å². The lowest BCUT2D eigenvalue weighted by Gasteiger charge is -2.28. The second-order valence-corrected chi connectivity index (χ2v) is 20.1. The lowest BCUT2D eigenvalue weighted by Crippen LogP contribution is -2.17. The molecule has 2 heterocycles. The predicted octanol–water partition coefficient (Wildman–Crippen LogP) is 16.0. The number of nitrogens with zero attached hydrogens (tertiary/aromatic N) is 3. The van der Waals surface area contributed by atoms with Gasteiger partial charge in [-0.1, -0.05) is 173 Å². The molecule has 0 unspecified atom stereocenters. The maximum atomic E-state index is 12.8. The molecule has 0 aliphatic rings. The van der Waals surface area contributed by atoms with Crippen LogP contribution in [0, 0.1) is 6.85 Å². The van der Waals surface area contributed by atoms with Crippen molar-refractivity contribution in [3.8, 4) is 67.5 Å². The fourth-order valence-corrected chi connectivity index (χ4v) is 8.22. The van der Waals surface area contributed by atoms with E-state index in [-0.39, 0.29) is 27.5 Å². The standard InChI is InChI=1S/C59H63N3O/c1-37-22-24-38(25-23-37)40-28-29-60-50(33-40)42-30-41(31-44(32-42)57(5,6)7)46-20-17-21-52-53(46)61-55(48-35-45(58(8,9)10)36-49(54(48)63)59(11,12)13)62(52)51-27-26-43(56(2,3)4)34-47(51)39-18-15-14-16-19-39/h14-36,63H,1-13H3/i1D3,11D3,12D3. The molecule has 4 heteroatoms. The molecule has 0 fully saturated rings. The molecule has 63 heavy (non-hydrogen) atoms. The molecule has 0 atom stereocenters. The van der Waals surface area contributed by atoms with Gasteiger partial charge in [0.1, 0.15) is 11.6 Å². The Kier molecular flexibility index (Phi) is 8.37. The van der Waals surface area contributed by atoms with E-state index in [1.165, 1.54) is 6.92 Å². The second kappa shape index (κ2) is 15.8. The fraction of sp³-hybridized carbons (Fsp3) is 0.288. The highest BCUT2D eigenvalue weighted by molar-refractivity contribution is 5.98. The second-order valence-electron chi connectivity index (χ2n) is 20.1. The highest BCUT2D eigenvalue weighted by Gasteiger charge is 2.30. The summed E-state index contributed by atoms with van der Waals surface area (Å²) in [5.74, 6) is -0.174. The van der Waals surface area contributed by atoms with Crippen LogP contribution in [0.4, 0.5) is 0 Å². The minimum atomic E-state index is -3.05. The van der Waals surface area contributed by atoms with Crippen LogP contribution in [0.1, 0.15) is 123 Å². The van der Waals surface area contributed by atoms with Crippen molar-refractivity contribution in [3.63, 3.8) is 0 Å². The third-order valence-electron chi connectivity index (χ3n) is 12.0. The topological polar surface area (TPSA) is 50.9 Å². The summed E-state index contributed by atoms with van der Waals surface area (Å²) < 4.78 is 77.8. The van der Waals surface area contributed by atoms with E-state index in [1.54, 1.807) is 24.4 Å². The molecule has 6 aromatic carbocycles. The van der Waals surface area contributed by atoms with Crippen molar-refractivity contribution in [1.29, 1.82) is 0 Å². The number of benzene rings is 6. The summed E-state index contributed by atoms with van der Waals surface area (Å²) in [6.07, 6.45) is 1.76. The van der Waals surface area contributed by atoms with Crippen LogP contribution < -0.4 is 0 Å². The van der Waals surface area contributed by atoms with E-state index in [0.29, 0.717) is 28.1 Å². The van der Waals surface area contributed by atoms with Crippen LogP contribution in [-0.4, -0.2) is 19.6 Å². The maximum absolute atomic E-state index is 12.8. The van der Waals surface area contributed by atoms with Crippen LogP contribution in [0.15, 0.2) is 140 Å². The summed E-state index contributed by atoms with van der Waals surface area (Å²) >= 11 is 0. The SMILES string of the molecule is [2H]C([2H])([2H])c1ccc(-c2ccnc(-c3cc(-c4cccc5c4nc(-c4cc(C(C)(C)C)cc(C(C)(C([2H])([2H])[2H])C([2H])([2H])[2H])c4O)n5-c4ccc(C(C)(C)C)cc4-c4ccccc4)cc(C(C)(C)C)c3)c2)cc1. The number of phenols is 1. The van der Waals surface area contributed by atoms with Gasteiger partial charge in [0, 0.05) is 40.8 Å². The summed E-state index contributed by atoms with van der Waals surface area (Å²) in [5.41, 5.74) is 8.21. The van der Waals surface area contributed by atoms with Crippen LogP contribution >= 0.6 is 0 Å². The first-order valence-corrected chi connectivity index (χ1v) is 21.6. The summed E-state index contributed by atoms with van der Waals surface area (Å²) in [5, 5.41) is 12.8. The average molecular weight is 839 g/mol. The van der Waals surface area contributed by atoms with E-state index in [0.717, 1.165) is 55.8 Å². The van der Waals surface area contributed by atoms with Crippen molar-refractivity contribution in [2.75, 3.05) is 0 Å². The van der Waals surface area contributed by atoms with Gasteiger partial charge in [-0.05, 0) is 116 Å². The minimum Gasteiger partial charge on any atom is -0.507 e. The van der Waals surface area contributed by atoms with Gasteiger partial charge in [0.2, 0.25) is 0 Å². The highest BCUT2D eigenvalue weighted by Crippen LogP contribution is 2.46. The number of aromatic nitrogens is 3. The summed E-state index contributed by atoms with van der Waals surface area (Å²) in [7, 11) is 0.